The zero-order valence-corrected chi connectivity index (χ0v) is 10.7. The second kappa shape index (κ2) is 4.67. The van der Waals surface area contributed by atoms with Gasteiger partial charge in [-0.05, 0) is 18.5 Å². The van der Waals surface area contributed by atoms with Gasteiger partial charge in [0.1, 0.15) is 0 Å². The lowest BCUT2D eigenvalue weighted by molar-refractivity contribution is 0.962. The third-order valence-electron chi connectivity index (χ3n) is 2.31. The highest BCUT2D eigenvalue weighted by Gasteiger charge is 2.08. The molecule has 0 aliphatic rings. The molecular weight excluding hydrogens is 236 g/mol. The predicted molar refractivity (Wildman–Crippen MR) is 69.3 cm³/mol. The molecule has 5 heteroatoms. The fraction of sp³-hybridized carbons (Fsp3) is 0.250. The van der Waals surface area contributed by atoms with Crippen molar-refractivity contribution in [2.45, 2.75) is 6.92 Å². The first kappa shape index (κ1) is 11.8. The van der Waals surface area contributed by atoms with Crippen LogP contribution in [0.15, 0.2) is 24.3 Å². The first-order valence-electron chi connectivity index (χ1n) is 5.22. The van der Waals surface area contributed by atoms with E-state index in [1.807, 2.05) is 45.3 Å². The molecule has 0 radical (unpaired) electrons. The van der Waals surface area contributed by atoms with Crippen LogP contribution < -0.4 is 4.90 Å². The minimum absolute atomic E-state index is 0.208. The van der Waals surface area contributed by atoms with Crippen LogP contribution in [0.3, 0.4) is 0 Å². The van der Waals surface area contributed by atoms with Gasteiger partial charge in [-0.1, -0.05) is 29.8 Å². The van der Waals surface area contributed by atoms with E-state index < -0.39 is 0 Å². The summed E-state index contributed by atoms with van der Waals surface area (Å²) in [6.45, 7) is 2.04. The predicted octanol–water partition coefficient (Wildman–Crippen LogP) is 2.57. The molecule has 17 heavy (non-hydrogen) atoms. The molecule has 0 bridgehead atoms. The normalized spacial score (nSPS) is 10.4. The van der Waals surface area contributed by atoms with Gasteiger partial charge in [0, 0.05) is 19.7 Å². The quantitative estimate of drug-likeness (QED) is 0.819. The Labute approximate surface area is 105 Å². The highest BCUT2D eigenvalue weighted by atomic mass is 35.5. The number of benzene rings is 1. The average molecular weight is 249 g/mol. The molecule has 1 heterocycles. The standard InChI is InChI=1S/C12H13ClN4/c1-8-4-6-9(7-5-8)10-14-11(13)16-12(15-10)17(2)3/h4-7H,1-3H3. The van der Waals surface area contributed by atoms with Crippen molar-refractivity contribution < 1.29 is 0 Å². The van der Waals surface area contributed by atoms with Crippen LogP contribution in [0.25, 0.3) is 11.4 Å². The summed E-state index contributed by atoms with van der Waals surface area (Å²) >= 11 is 5.89. The Kier molecular flexibility index (Phi) is 3.24. The third-order valence-corrected chi connectivity index (χ3v) is 2.48. The monoisotopic (exact) mass is 248 g/mol. The van der Waals surface area contributed by atoms with Crippen LogP contribution in [0.1, 0.15) is 5.56 Å². The molecule has 2 aromatic rings. The van der Waals surface area contributed by atoms with Gasteiger partial charge in [0.15, 0.2) is 5.82 Å². The summed E-state index contributed by atoms with van der Waals surface area (Å²) in [7, 11) is 3.73. The van der Waals surface area contributed by atoms with Gasteiger partial charge in [0.25, 0.3) is 0 Å². The first-order valence-corrected chi connectivity index (χ1v) is 5.60. The van der Waals surface area contributed by atoms with Crippen LogP contribution in [0, 0.1) is 6.92 Å². The summed E-state index contributed by atoms with van der Waals surface area (Å²) in [6.07, 6.45) is 0. The van der Waals surface area contributed by atoms with Gasteiger partial charge in [-0.2, -0.15) is 15.0 Å². The fourth-order valence-corrected chi connectivity index (χ4v) is 1.53. The molecule has 0 aliphatic carbocycles. The molecule has 2 rings (SSSR count). The molecule has 4 nitrogen and oxygen atoms in total. The summed E-state index contributed by atoms with van der Waals surface area (Å²) < 4.78 is 0. The van der Waals surface area contributed by atoms with Crippen molar-refractivity contribution in [3.63, 3.8) is 0 Å². The van der Waals surface area contributed by atoms with E-state index in [1.165, 1.54) is 5.56 Å². The van der Waals surface area contributed by atoms with Crippen LogP contribution in [0.2, 0.25) is 5.28 Å². The summed E-state index contributed by atoms with van der Waals surface area (Å²) in [4.78, 5) is 14.3. The molecule has 0 spiro atoms. The molecule has 1 aromatic heterocycles. The minimum atomic E-state index is 0.208. The molecule has 0 fully saturated rings. The Balaban J connectivity index is 2.48. The maximum absolute atomic E-state index is 5.89. The van der Waals surface area contributed by atoms with Crippen molar-refractivity contribution in [1.29, 1.82) is 0 Å². The van der Waals surface area contributed by atoms with Crippen molar-refractivity contribution in [1.82, 2.24) is 15.0 Å². The number of aromatic nitrogens is 3. The maximum atomic E-state index is 5.89. The summed E-state index contributed by atoms with van der Waals surface area (Å²) in [5.41, 5.74) is 2.13. The Morgan fingerprint density at radius 2 is 1.65 bits per heavy atom. The molecule has 0 saturated heterocycles. The zero-order chi connectivity index (χ0) is 12.4. The molecule has 0 amide bonds. The molecule has 0 saturated carbocycles. The van der Waals surface area contributed by atoms with E-state index in [1.54, 1.807) is 4.90 Å². The number of hydrogen-bond acceptors (Lipinski definition) is 4. The van der Waals surface area contributed by atoms with E-state index in [4.69, 9.17) is 11.6 Å². The van der Waals surface area contributed by atoms with Gasteiger partial charge in [-0.15, -0.1) is 0 Å². The zero-order valence-electron chi connectivity index (χ0n) is 9.98. The lowest BCUT2D eigenvalue weighted by Gasteiger charge is -2.11. The topological polar surface area (TPSA) is 41.9 Å². The van der Waals surface area contributed by atoms with Crippen LogP contribution in [-0.4, -0.2) is 29.0 Å². The highest BCUT2D eigenvalue weighted by molar-refractivity contribution is 6.28. The molecule has 88 valence electrons. The van der Waals surface area contributed by atoms with E-state index in [0.29, 0.717) is 11.8 Å². The lowest BCUT2D eigenvalue weighted by atomic mass is 10.1. The van der Waals surface area contributed by atoms with E-state index in [2.05, 4.69) is 15.0 Å². The molecule has 0 unspecified atom stereocenters. The largest absolute Gasteiger partial charge is 0.347 e. The second-order valence-electron chi connectivity index (χ2n) is 3.99. The van der Waals surface area contributed by atoms with Gasteiger partial charge >= 0.3 is 0 Å². The van der Waals surface area contributed by atoms with E-state index in [9.17, 15) is 0 Å². The van der Waals surface area contributed by atoms with Gasteiger partial charge in [-0.3, -0.25) is 0 Å². The van der Waals surface area contributed by atoms with Crippen molar-refractivity contribution in [3.8, 4) is 11.4 Å². The summed E-state index contributed by atoms with van der Waals surface area (Å²) in [6, 6.07) is 7.98. The van der Waals surface area contributed by atoms with Gasteiger partial charge < -0.3 is 4.90 Å². The number of rotatable bonds is 2. The Morgan fingerprint density at radius 1 is 1.00 bits per heavy atom. The molecule has 0 aliphatic heterocycles. The number of anilines is 1. The third kappa shape index (κ3) is 2.71. The van der Waals surface area contributed by atoms with Crippen LogP contribution in [-0.2, 0) is 0 Å². The van der Waals surface area contributed by atoms with E-state index in [-0.39, 0.29) is 5.28 Å². The van der Waals surface area contributed by atoms with Crippen molar-refractivity contribution in [2.75, 3.05) is 19.0 Å². The van der Waals surface area contributed by atoms with Crippen molar-refractivity contribution in [2.24, 2.45) is 0 Å². The van der Waals surface area contributed by atoms with Crippen molar-refractivity contribution >= 4 is 17.5 Å². The number of hydrogen-bond donors (Lipinski definition) is 0. The van der Waals surface area contributed by atoms with Crippen LogP contribution in [0.4, 0.5) is 5.95 Å². The smallest absolute Gasteiger partial charge is 0.229 e. The molecular formula is C12H13ClN4. The van der Waals surface area contributed by atoms with Crippen molar-refractivity contribution in [3.05, 3.63) is 35.1 Å². The Morgan fingerprint density at radius 3 is 2.24 bits per heavy atom. The lowest BCUT2D eigenvalue weighted by Crippen LogP contribution is -2.13. The van der Waals surface area contributed by atoms with Gasteiger partial charge in [0.05, 0.1) is 0 Å². The first-order chi connectivity index (χ1) is 8.06. The number of nitrogens with zero attached hydrogens (tertiary/aromatic N) is 4. The SMILES string of the molecule is Cc1ccc(-c2nc(Cl)nc(N(C)C)n2)cc1. The Bertz CT molecular complexity index is 523. The maximum Gasteiger partial charge on any atom is 0.229 e. The van der Waals surface area contributed by atoms with Crippen LogP contribution in [0.5, 0.6) is 0 Å². The molecule has 0 N–H and O–H groups in total. The second-order valence-corrected chi connectivity index (χ2v) is 4.33. The average Bonchev–Trinajstić information content (AvgIpc) is 2.29. The van der Waals surface area contributed by atoms with Gasteiger partial charge in [0.2, 0.25) is 11.2 Å². The fourth-order valence-electron chi connectivity index (χ4n) is 1.37. The molecule has 0 atom stereocenters. The number of aryl methyl sites for hydroxylation is 1. The highest BCUT2D eigenvalue weighted by Crippen LogP contribution is 2.19. The number of halogens is 1. The minimum Gasteiger partial charge on any atom is -0.347 e. The van der Waals surface area contributed by atoms with Crippen LogP contribution >= 0.6 is 11.6 Å². The Hall–Kier alpha value is -1.68. The molecule has 1 aromatic carbocycles. The summed E-state index contributed by atoms with van der Waals surface area (Å²) in [5, 5.41) is 0.208. The summed E-state index contributed by atoms with van der Waals surface area (Å²) in [5.74, 6) is 1.15. The van der Waals surface area contributed by atoms with Gasteiger partial charge in [-0.25, -0.2) is 0 Å². The van der Waals surface area contributed by atoms with E-state index >= 15 is 0 Å². The van der Waals surface area contributed by atoms with E-state index in [0.717, 1.165) is 5.56 Å².